The lowest BCUT2D eigenvalue weighted by Gasteiger charge is -2.33. The Morgan fingerprint density at radius 1 is 1.44 bits per heavy atom. The smallest absolute Gasteiger partial charge is 0.167 e. The number of hydrogen-bond donors (Lipinski definition) is 0. The molecule has 4 heteroatoms. The van der Waals surface area contributed by atoms with Gasteiger partial charge < -0.3 is 0 Å². The van der Waals surface area contributed by atoms with E-state index >= 15 is 0 Å². The van der Waals surface area contributed by atoms with Gasteiger partial charge in [-0.15, -0.1) is 11.6 Å². The molecule has 0 aliphatic heterocycles. The van der Waals surface area contributed by atoms with Gasteiger partial charge in [0.2, 0.25) is 0 Å². The molecule has 0 radical (unpaired) electrons. The van der Waals surface area contributed by atoms with Gasteiger partial charge in [-0.2, -0.15) is 0 Å². The zero-order valence-electron chi connectivity index (χ0n) is 5.22. The number of alkyl halides is 1. The van der Waals surface area contributed by atoms with Crippen LogP contribution in [0.1, 0.15) is 19.3 Å². The Labute approximate surface area is 60.1 Å². The number of sulfone groups is 1. The molecule has 2 nitrogen and oxygen atoms in total. The van der Waals surface area contributed by atoms with Gasteiger partial charge in [-0.25, -0.2) is 8.42 Å². The first-order valence-electron chi connectivity index (χ1n) is 2.84. The van der Waals surface area contributed by atoms with Crippen molar-refractivity contribution < 1.29 is 8.42 Å². The maximum absolute atomic E-state index is 10.8. The second kappa shape index (κ2) is 1.86. The van der Waals surface area contributed by atoms with Gasteiger partial charge in [-0.05, 0) is 19.3 Å². The highest BCUT2D eigenvalue weighted by atomic mass is 35.5. The molecule has 0 heterocycles. The van der Waals surface area contributed by atoms with Gasteiger partial charge in [0.05, 0.1) is 0 Å². The van der Waals surface area contributed by atoms with E-state index in [9.17, 15) is 8.42 Å². The van der Waals surface area contributed by atoms with Crippen LogP contribution in [0.2, 0.25) is 0 Å². The quantitative estimate of drug-likeness (QED) is 0.551. The monoisotopic (exact) mass is 168 g/mol. The third-order valence-electron chi connectivity index (χ3n) is 1.76. The number of halogens is 1. The zero-order chi connectivity index (χ0) is 7.12. The second-order valence-corrected chi connectivity index (χ2v) is 5.78. The van der Waals surface area contributed by atoms with Crippen molar-refractivity contribution in [1.29, 1.82) is 0 Å². The van der Waals surface area contributed by atoms with Gasteiger partial charge in [0.15, 0.2) is 9.84 Å². The van der Waals surface area contributed by atoms with Crippen LogP contribution < -0.4 is 0 Å². The highest BCUT2D eigenvalue weighted by molar-refractivity contribution is 7.93. The summed E-state index contributed by atoms with van der Waals surface area (Å²) in [4.78, 5) is 0. The lowest BCUT2D eigenvalue weighted by molar-refractivity contribution is 0.440. The molecule has 0 N–H and O–H groups in total. The summed E-state index contributed by atoms with van der Waals surface area (Å²) in [6, 6.07) is 0. The average Bonchev–Trinajstić information content (AvgIpc) is 1.57. The van der Waals surface area contributed by atoms with Crippen molar-refractivity contribution in [1.82, 2.24) is 0 Å². The fraction of sp³-hybridized carbons (Fsp3) is 1.00. The largest absolute Gasteiger partial charge is 0.227 e. The standard InChI is InChI=1S/C5H9ClO2S/c1-9(7,8)5(6)3-2-4-5/h2-4H2,1H3. The van der Waals surface area contributed by atoms with Crippen LogP contribution in [-0.2, 0) is 9.84 Å². The first kappa shape index (κ1) is 7.35. The molecule has 1 aliphatic carbocycles. The van der Waals surface area contributed by atoms with E-state index in [4.69, 9.17) is 11.6 Å². The van der Waals surface area contributed by atoms with Crippen LogP contribution in [0, 0.1) is 0 Å². The topological polar surface area (TPSA) is 34.1 Å². The molecule has 0 spiro atoms. The van der Waals surface area contributed by atoms with Crippen molar-refractivity contribution in [3.63, 3.8) is 0 Å². The van der Waals surface area contributed by atoms with E-state index < -0.39 is 14.0 Å². The van der Waals surface area contributed by atoms with Crippen molar-refractivity contribution in [2.45, 2.75) is 23.5 Å². The predicted octanol–water partition coefficient (Wildman–Crippen LogP) is 1.15. The second-order valence-electron chi connectivity index (χ2n) is 2.51. The summed E-state index contributed by atoms with van der Waals surface area (Å²) < 4.78 is 20.7. The minimum absolute atomic E-state index is 0.618. The fourth-order valence-electron chi connectivity index (χ4n) is 0.826. The SMILES string of the molecule is CS(=O)(=O)C1(Cl)CCC1. The lowest BCUT2D eigenvalue weighted by atomic mass is 9.99. The molecule has 9 heavy (non-hydrogen) atoms. The Morgan fingerprint density at radius 2 is 1.89 bits per heavy atom. The molecule has 0 aromatic rings. The van der Waals surface area contributed by atoms with Gasteiger partial charge in [0, 0.05) is 6.26 Å². The Bertz CT molecular complexity index is 203. The fourth-order valence-corrected chi connectivity index (χ4v) is 2.12. The molecule has 1 saturated carbocycles. The van der Waals surface area contributed by atoms with E-state index in [1.807, 2.05) is 0 Å². The van der Waals surface area contributed by atoms with Gasteiger partial charge >= 0.3 is 0 Å². The van der Waals surface area contributed by atoms with Crippen molar-refractivity contribution in [2.75, 3.05) is 6.26 Å². The summed E-state index contributed by atoms with van der Waals surface area (Å²) in [5.74, 6) is 0. The molecule has 54 valence electrons. The highest BCUT2D eigenvalue weighted by Gasteiger charge is 2.44. The summed E-state index contributed by atoms with van der Waals surface area (Å²) in [5.41, 5.74) is 0. The van der Waals surface area contributed by atoms with Crippen LogP contribution in [0.5, 0.6) is 0 Å². The average molecular weight is 169 g/mol. The van der Waals surface area contributed by atoms with E-state index in [-0.39, 0.29) is 0 Å². The Morgan fingerprint density at radius 3 is 1.89 bits per heavy atom. The molecule has 1 aliphatic rings. The number of hydrogen-bond acceptors (Lipinski definition) is 2. The third kappa shape index (κ3) is 1.08. The Kier molecular flexibility index (Phi) is 1.52. The minimum Gasteiger partial charge on any atom is -0.227 e. The van der Waals surface area contributed by atoms with Crippen molar-refractivity contribution in [2.24, 2.45) is 0 Å². The maximum Gasteiger partial charge on any atom is 0.167 e. The van der Waals surface area contributed by atoms with Crippen molar-refractivity contribution in [3.05, 3.63) is 0 Å². The molecule has 0 amide bonds. The third-order valence-corrected chi connectivity index (χ3v) is 4.72. The molecule has 0 bridgehead atoms. The lowest BCUT2D eigenvalue weighted by Crippen LogP contribution is -2.38. The van der Waals surface area contributed by atoms with Gasteiger partial charge in [0.25, 0.3) is 0 Å². The van der Waals surface area contributed by atoms with Crippen LogP contribution in [0.15, 0.2) is 0 Å². The van der Waals surface area contributed by atoms with Gasteiger partial charge in [-0.3, -0.25) is 0 Å². The molecule has 0 saturated heterocycles. The molecule has 0 aromatic carbocycles. The predicted molar refractivity (Wildman–Crippen MR) is 37.3 cm³/mol. The van der Waals surface area contributed by atoms with Crippen LogP contribution in [-0.4, -0.2) is 18.9 Å². The maximum atomic E-state index is 10.8. The van der Waals surface area contributed by atoms with Gasteiger partial charge in [0.1, 0.15) is 4.21 Å². The minimum atomic E-state index is -3.00. The van der Waals surface area contributed by atoms with E-state index in [0.29, 0.717) is 12.8 Å². The summed E-state index contributed by atoms with van der Waals surface area (Å²) >= 11 is 5.70. The highest BCUT2D eigenvalue weighted by Crippen LogP contribution is 2.42. The zero-order valence-corrected chi connectivity index (χ0v) is 6.80. The summed E-state index contributed by atoms with van der Waals surface area (Å²) in [6.45, 7) is 0. The molecular weight excluding hydrogens is 160 g/mol. The first-order chi connectivity index (χ1) is 3.96. The van der Waals surface area contributed by atoms with Crippen LogP contribution in [0.3, 0.4) is 0 Å². The summed E-state index contributed by atoms with van der Waals surface area (Å²) in [5, 5.41) is 0. The summed E-state index contributed by atoms with van der Waals surface area (Å²) in [6.07, 6.45) is 3.37. The molecule has 1 rings (SSSR count). The Balaban J connectivity index is 2.84. The summed E-state index contributed by atoms with van der Waals surface area (Å²) in [7, 11) is -3.00. The van der Waals surface area contributed by atoms with Crippen molar-refractivity contribution in [3.8, 4) is 0 Å². The van der Waals surface area contributed by atoms with Gasteiger partial charge in [-0.1, -0.05) is 0 Å². The molecule has 0 unspecified atom stereocenters. The van der Waals surface area contributed by atoms with E-state index in [2.05, 4.69) is 0 Å². The molecular formula is C5H9ClO2S. The number of rotatable bonds is 1. The van der Waals surface area contributed by atoms with E-state index in [1.165, 1.54) is 6.26 Å². The molecule has 0 aromatic heterocycles. The molecule has 1 fully saturated rings. The van der Waals surface area contributed by atoms with E-state index in [1.54, 1.807) is 0 Å². The van der Waals surface area contributed by atoms with Crippen molar-refractivity contribution >= 4 is 21.4 Å². The van der Waals surface area contributed by atoms with E-state index in [0.717, 1.165) is 6.42 Å². The van der Waals surface area contributed by atoms with Crippen LogP contribution in [0.4, 0.5) is 0 Å². The Hall–Kier alpha value is 0.240. The first-order valence-corrected chi connectivity index (χ1v) is 5.11. The normalized spacial score (nSPS) is 25.1. The van der Waals surface area contributed by atoms with Crippen LogP contribution in [0.25, 0.3) is 0 Å². The van der Waals surface area contributed by atoms with Crippen LogP contribution >= 0.6 is 11.6 Å². The molecule has 0 atom stereocenters.